The van der Waals surface area contributed by atoms with Crippen LogP contribution in [0.5, 0.6) is 0 Å². The minimum Gasteiger partial charge on any atom is -0.335 e. The van der Waals surface area contributed by atoms with Crippen LogP contribution in [0.3, 0.4) is 0 Å². The lowest BCUT2D eigenvalue weighted by Gasteiger charge is -2.19. The van der Waals surface area contributed by atoms with Gasteiger partial charge in [-0.3, -0.25) is 0 Å². The number of hydrogen-bond acceptors (Lipinski definition) is 1. The Morgan fingerprint density at radius 3 is 2.54 bits per heavy atom. The summed E-state index contributed by atoms with van der Waals surface area (Å²) in [6.45, 7) is 2.13. The summed E-state index contributed by atoms with van der Waals surface area (Å²) in [4.78, 5) is 12.9. The lowest BCUT2D eigenvalue weighted by Crippen LogP contribution is -2.41. The summed E-state index contributed by atoms with van der Waals surface area (Å²) in [6, 6.07) is 0.412. The van der Waals surface area contributed by atoms with Crippen LogP contribution in [0.15, 0.2) is 0 Å². The highest BCUT2D eigenvalue weighted by atomic mass is 16.2. The molecular weight excluding hydrogens is 164 g/mol. The van der Waals surface area contributed by atoms with E-state index in [1.54, 1.807) is 19.0 Å². The second-order valence-electron chi connectivity index (χ2n) is 4.13. The fraction of sp³-hybridized carbons (Fsp3) is 0.900. The molecule has 1 aliphatic carbocycles. The molecule has 76 valence electrons. The summed E-state index contributed by atoms with van der Waals surface area (Å²) < 4.78 is 0. The molecule has 1 N–H and O–H groups in total. The minimum atomic E-state index is 0.0347. The van der Waals surface area contributed by atoms with E-state index in [-0.39, 0.29) is 6.03 Å². The monoisotopic (exact) mass is 184 g/mol. The molecule has 0 saturated heterocycles. The fourth-order valence-corrected chi connectivity index (χ4v) is 1.39. The first-order chi connectivity index (χ1) is 6.13. The maximum absolute atomic E-state index is 11.3. The summed E-state index contributed by atoms with van der Waals surface area (Å²) in [5.74, 6) is 0.882. The van der Waals surface area contributed by atoms with Gasteiger partial charge in [-0.05, 0) is 18.8 Å². The van der Waals surface area contributed by atoms with Crippen LogP contribution in [-0.2, 0) is 0 Å². The molecule has 1 fully saturated rings. The third kappa shape index (κ3) is 3.66. The van der Waals surface area contributed by atoms with Crippen LogP contribution < -0.4 is 5.32 Å². The smallest absolute Gasteiger partial charge is 0.317 e. The van der Waals surface area contributed by atoms with Crippen molar-refractivity contribution in [3.8, 4) is 0 Å². The van der Waals surface area contributed by atoms with Crippen molar-refractivity contribution < 1.29 is 4.79 Å². The van der Waals surface area contributed by atoms with Crippen molar-refractivity contribution in [2.45, 2.75) is 38.6 Å². The predicted molar refractivity (Wildman–Crippen MR) is 53.6 cm³/mol. The van der Waals surface area contributed by atoms with E-state index in [9.17, 15) is 4.79 Å². The van der Waals surface area contributed by atoms with Crippen molar-refractivity contribution in [2.75, 3.05) is 14.1 Å². The molecule has 0 aromatic carbocycles. The molecule has 1 unspecified atom stereocenters. The van der Waals surface area contributed by atoms with Crippen molar-refractivity contribution >= 4 is 6.03 Å². The van der Waals surface area contributed by atoms with Crippen LogP contribution in [0.1, 0.15) is 32.6 Å². The SMILES string of the molecule is CCC(CC1CC1)NC(=O)N(C)C. The van der Waals surface area contributed by atoms with Gasteiger partial charge >= 0.3 is 6.03 Å². The van der Waals surface area contributed by atoms with E-state index in [2.05, 4.69) is 12.2 Å². The van der Waals surface area contributed by atoms with Gasteiger partial charge in [0.25, 0.3) is 0 Å². The van der Waals surface area contributed by atoms with Gasteiger partial charge in [0.2, 0.25) is 0 Å². The highest BCUT2D eigenvalue weighted by molar-refractivity contribution is 5.73. The van der Waals surface area contributed by atoms with Crippen molar-refractivity contribution in [3.63, 3.8) is 0 Å². The first-order valence-corrected chi connectivity index (χ1v) is 5.11. The van der Waals surface area contributed by atoms with Gasteiger partial charge in [-0.2, -0.15) is 0 Å². The first kappa shape index (κ1) is 10.4. The van der Waals surface area contributed by atoms with Gasteiger partial charge in [-0.1, -0.05) is 19.8 Å². The first-order valence-electron chi connectivity index (χ1n) is 5.11. The summed E-state index contributed by atoms with van der Waals surface area (Å²) in [7, 11) is 3.55. The summed E-state index contributed by atoms with van der Waals surface area (Å²) in [5, 5.41) is 3.02. The van der Waals surface area contributed by atoms with E-state index in [1.165, 1.54) is 12.8 Å². The lowest BCUT2D eigenvalue weighted by atomic mass is 10.1. The Kier molecular flexibility index (Phi) is 3.58. The van der Waals surface area contributed by atoms with Crippen molar-refractivity contribution in [1.29, 1.82) is 0 Å². The second kappa shape index (κ2) is 4.49. The summed E-state index contributed by atoms with van der Waals surface area (Å²) in [6.07, 6.45) is 4.91. The van der Waals surface area contributed by atoms with Crippen LogP contribution in [0.25, 0.3) is 0 Å². The number of carbonyl (C=O) groups is 1. The molecule has 0 aliphatic heterocycles. The Morgan fingerprint density at radius 2 is 2.15 bits per heavy atom. The summed E-state index contributed by atoms with van der Waals surface area (Å²) in [5.41, 5.74) is 0. The average Bonchev–Trinajstić information content (AvgIpc) is 2.86. The molecule has 1 aliphatic rings. The normalized spacial score (nSPS) is 18.1. The molecule has 0 radical (unpaired) electrons. The Morgan fingerprint density at radius 1 is 1.54 bits per heavy atom. The lowest BCUT2D eigenvalue weighted by molar-refractivity contribution is 0.211. The maximum atomic E-state index is 11.3. The Hall–Kier alpha value is -0.730. The van der Waals surface area contributed by atoms with E-state index < -0.39 is 0 Å². The van der Waals surface area contributed by atoms with Gasteiger partial charge in [0.1, 0.15) is 0 Å². The van der Waals surface area contributed by atoms with E-state index in [4.69, 9.17) is 0 Å². The molecule has 0 aromatic heterocycles. The van der Waals surface area contributed by atoms with Crippen molar-refractivity contribution in [3.05, 3.63) is 0 Å². The largest absolute Gasteiger partial charge is 0.335 e. The van der Waals surface area contributed by atoms with Crippen LogP contribution in [0.2, 0.25) is 0 Å². The topological polar surface area (TPSA) is 32.3 Å². The summed E-state index contributed by atoms with van der Waals surface area (Å²) >= 11 is 0. The molecule has 3 heteroatoms. The van der Waals surface area contributed by atoms with Gasteiger partial charge in [0.15, 0.2) is 0 Å². The zero-order valence-electron chi connectivity index (χ0n) is 8.84. The van der Waals surface area contributed by atoms with E-state index in [0.717, 1.165) is 18.8 Å². The van der Waals surface area contributed by atoms with E-state index in [0.29, 0.717) is 6.04 Å². The molecule has 0 aromatic rings. The fourth-order valence-electron chi connectivity index (χ4n) is 1.39. The highest BCUT2D eigenvalue weighted by Crippen LogP contribution is 2.33. The molecular formula is C10H20N2O. The molecule has 13 heavy (non-hydrogen) atoms. The average molecular weight is 184 g/mol. The molecule has 2 amide bonds. The number of rotatable bonds is 4. The van der Waals surface area contributed by atoms with Gasteiger partial charge in [-0.15, -0.1) is 0 Å². The van der Waals surface area contributed by atoms with Gasteiger partial charge < -0.3 is 10.2 Å². The van der Waals surface area contributed by atoms with Gasteiger partial charge in [0, 0.05) is 20.1 Å². The van der Waals surface area contributed by atoms with Crippen LogP contribution in [0.4, 0.5) is 4.79 Å². The molecule has 0 spiro atoms. The number of nitrogens with one attached hydrogen (secondary N) is 1. The number of amides is 2. The molecule has 0 heterocycles. The quantitative estimate of drug-likeness (QED) is 0.710. The van der Waals surface area contributed by atoms with Crippen LogP contribution in [-0.4, -0.2) is 31.1 Å². The number of nitrogens with zero attached hydrogens (tertiary/aromatic N) is 1. The zero-order chi connectivity index (χ0) is 9.84. The standard InChI is InChI=1S/C10H20N2O/c1-4-9(7-8-5-6-8)11-10(13)12(2)3/h8-9H,4-7H2,1-3H3,(H,11,13). The highest BCUT2D eigenvalue weighted by Gasteiger charge is 2.25. The second-order valence-corrected chi connectivity index (χ2v) is 4.13. The third-order valence-corrected chi connectivity index (χ3v) is 2.54. The number of carbonyl (C=O) groups excluding carboxylic acids is 1. The van der Waals surface area contributed by atoms with E-state index in [1.807, 2.05) is 0 Å². The Bertz CT molecular complexity index is 176. The third-order valence-electron chi connectivity index (χ3n) is 2.54. The Balaban J connectivity index is 2.25. The number of hydrogen-bond donors (Lipinski definition) is 1. The molecule has 1 saturated carbocycles. The van der Waals surface area contributed by atoms with E-state index >= 15 is 0 Å². The zero-order valence-corrected chi connectivity index (χ0v) is 8.84. The number of urea groups is 1. The van der Waals surface area contributed by atoms with Crippen LogP contribution >= 0.6 is 0 Å². The van der Waals surface area contributed by atoms with Crippen molar-refractivity contribution in [2.24, 2.45) is 5.92 Å². The van der Waals surface area contributed by atoms with Gasteiger partial charge in [-0.25, -0.2) is 4.79 Å². The van der Waals surface area contributed by atoms with Crippen LogP contribution in [0, 0.1) is 5.92 Å². The Labute approximate surface area is 80.5 Å². The minimum absolute atomic E-state index is 0.0347. The molecule has 1 rings (SSSR count). The van der Waals surface area contributed by atoms with Gasteiger partial charge in [0.05, 0.1) is 0 Å². The van der Waals surface area contributed by atoms with Crippen molar-refractivity contribution in [1.82, 2.24) is 10.2 Å². The molecule has 1 atom stereocenters. The molecule has 3 nitrogen and oxygen atoms in total. The predicted octanol–water partition coefficient (Wildman–Crippen LogP) is 1.84. The maximum Gasteiger partial charge on any atom is 0.317 e. The molecule has 0 bridgehead atoms.